The average molecular weight is 165 g/mol. The van der Waals surface area contributed by atoms with Gasteiger partial charge in [0, 0.05) is 7.05 Å². The van der Waals surface area contributed by atoms with Crippen LogP contribution in [-0.2, 0) is 7.05 Å². The van der Waals surface area contributed by atoms with Crippen molar-refractivity contribution in [1.82, 2.24) is 9.78 Å². The van der Waals surface area contributed by atoms with Crippen molar-refractivity contribution in [2.24, 2.45) is 12.8 Å². The van der Waals surface area contributed by atoms with Crippen molar-refractivity contribution < 1.29 is 0 Å². The molecule has 2 N–H and O–H groups in total. The molecule has 1 aromatic heterocycles. The highest BCUT2D eigenvalue weighted by molar-refractivity contribution is 5.13. The molecular formula is C9H15N3. The van der Waals surface area contributed by atoms with Gasteiger partial charge in [0.25, 0.3) is 0 Å². The number of nitrogens with zero attached hydrogens (tertiary/aromatic N) is 2. The summed E-state index contributed by atoms with van der Waals surface area (Å²) < 4.78 is 1.82. The summed E-state index contributed by atoms with van der Waals surface area (Å²) in [6.07, 6.45) is 2.62. The van der Waals surface area contributed by atoms with Crippen molar-refractivity contribution in [2.75, 3.05) is 0 Å². The Balaban J connectivity index is 2.85. The molecule has 0 fully saturated rings. The summed E-state index contributed by atoms with van der Waals surface area (Å²) in [6.45, 7) is 5.62. The Labute approximate surface area is 72.9 Å². The summed E-state index contributed by atoms with van der Waals surface area (Å²) in [5, 5.41) is 4.22. The van der Waals surface area contributed by atoms with E-state index in [0.717, 1.165) is 17.8 Å². The highest BCUT2D eigenvalue weighted by Gasteiger charge is 2.08. The predicted octanol–water partition coefficient (Wildman–Crippen LogP) is 1.30. The smallest absolute Gasteiger partial charge is 0.0597 e. The summed E-state index contributed by atoms with van der Waals surface area (Å²) in [6, 6.07) is 2.03. The lowest BCUT2D eigenvalue weighted by molar-refractivity contribution is 0.623. The average Bonchev–Trinajstić information content (AvgIpc) is 2.30. The molecule has 0 bridgehead atoms. The molecule has 0 aliphatic carbocycles. The van der Waals surface area contributed by atoms with Gasteiger partial charge in [-0.2, -0.15) is 5.10 Å². The topological polar surface area (TPSA) is 43.8 Å². The van der Waals surface area contributed by atoms with E-state index in [0.29, 0.717) is 0 Å². The summed E-state index contributed by atoms with van der Waals surface area (Å²) in [7, 11) is 1.91. The van der Waals surface area contributed by atoms with Gasteiger partial charge in [-0.25, -0.2) is 0 Å². The zero-order valence-corrected chi connectivity index (χ0v) is 7.62. The zero-order chi connectivity index (χ0) is 9.14. The molecule has 0 spiro atoms. The van der Waals surface area contributed by atoms with Crippen molar-refractivity contribution in [3.8, 4) is 0 Å². The lowest BCUT2D eigenvalue weighted by Gasteiger charge is -2.08. The summed E-state index contributed by atoms with van der Waals surface area (Å²) in [5.74, 6) is 0. The van der Waals surface area contributed by atoms with Crippen molar-refractivity contribution in [3.63, 3.8) is 0 Å². The molecule has 0 radical (unpaired) electrons. The number of rotatable bonds is 3. The maximum atomic E-state index is 5.89. The second kappa shape index (κ2) is 3.54. The molecular weight excluding hydrogens is 150 g/mol. The van der Waals surface area contributed by atoms with E-state index in [-0.39, 0.29) is 6.04 Å². The second-order valence-electron chi connectivity index (χ2n) is 2.97. The van der Waals surface area contributed by atoms with E-state index in [2.05, 4.69) is 11.7 Å². The Bertz CT molecular complexity index is 275. The first-order valence-corrected chi connectivity index (χ1v) is 4.02. The Kier molecular flexibility index (Phi) is 2.65. The third-order valence-corrected chi connectivity index (χ3v) is 1.84. The minimum absolute atomic E-state index is 0.0219. The normalized spacial score (nSPS) is 12.9. The van der Waals surface area contributed by atoms with Crippen LogP contribution in [0.3, 0.4) is 0 Å². The Morgan fingerprint density at radius 2 is 2.50 bits per heavy atom. The molecule has 0 aliphatic heterocycles. The molecule has 0 aromatic carbocycles. The van der Waals surface area contributed by atoms with Crippen LogP contribution in [0.25, 0.3) is 0 Å². The Hall–Kier alpha value is -1.09. The SMILES string of the molecule is C=CCC(N)c1cc(C)nn1C. The zero-order valence-electron chi connectivity index (χ0n) is 7.62. The fourth-order valence-corrected chi connectivity index (χ4v) is 1.28. The maximum absolute atomic E-state index is 5.89. The van der Waals surface area contributed by atoms with Crippen molar-refractivity contribution in [1.29, 1.82) is 0 Å². The van der Waals surface area contributed by atoms with E-state index < -0.39 is 0 Å². The summed E-state index contributed by atoms with van der Waals surface area (Å²) in [4.78, 5) is 0. The van der Waals surface area contributed by atoms with Crippen LogP contribution < -0.4 is 5.73 Å². The standard InChI is InChI=1S/C9H15N3/c1-4-5-8(10)9-6-7(2)11-12(9)3/h4,6,8H,1,5,10H2,2-3H3. The largest absolute Gasteiger partial charge is 0.322 e. The molecule has 1 unspecified atom stereocenters. The first-order valence-electron chi connectivity index (χ1n) is 4.02. The van der Waals surface area contributed by atoms with Gasteiger partial charge in [0.15, 0.2) is 0 Å². The molecule has 0 aliphatic rings. The monoisotopic (exact) mass is 165 g/mol. The van der Waals surface area contributed by atoms with E-state index in [1.807, 2.05) is 30.8 Å². The molecule has 12 heavy (non-hydrogen) atoms. The lowest BCUT2D eigenvalue weighted by atomic mass is 10.1. The minimum Gasteiger partial charge on any atom is -0.322 e. The first kappa shape index (κ1) is 9.00. The lowest BCUT2D eigenvalue weighted by Crippen LogP contribution is -2.13. The van der Waals surface area contributed by atoms with Gasteiger partial charge in [-0.1, -0.05) is 6.08 Å². The minimum atomic E-state index is 0.0219. The predicted molar refractivity (Wildman–Crippen MR) is 49.7 cm³/mol. The number of aryl methyl sites for hydroxylation is 2. The molecule has 3 nitrogen and oxygen atoms in total. The van der Waals surface area contributed by atoms with Gasteiger partial charge in [0.05, 0.1) is 17.4 Å². The second-order valence-corrected chi connectivity index (χ2v) is 2.97. The summed E-state index contributed by atoms with van der Waals surface area (Å²) in [5.41, 5.74) is 7.96. The molecule has 1 aromatic rings. The van der Waals surface area contributed by atoms with Crippen molar-refractivity contribution in [3.05, 3.63) is 30.1 Å². The fourth-order valence-electron chi connectivity index (χ4n) is 1.28. The highest BCUT2D eigenvalue weighted by Crippen LogP contribution is 2.14. The van der Waals surface area contributed by atoms with Crippen LogP contribution in [0.1, 0.15) is 23.9 Å². The molecule has 1 rings (SSSR count). The molecule has 1 heterocycles. The van der Waals surface area contributed by atoms with Gasteiger partial charge >= 0.3 is 0 Å². The van der Waals surface area contributed by atoms with Crippen LogP contribution in [0.15, 0.2) is 18.7 Å². The Morgan fingerprint density at radius 1 is 1.83 bits per heavy atom. The van der Waals surface area contributed by atoms with Gasteiger partial charge in [0.1, 0.15) is 0 Å². The van der Waals surface area contributed by atoms with E-state index in [1.165, 1.54) is 0 Å². The van der Waals surface area contributed by atoms with E-state index >= 15 is 0 Å². The van der Waals surface area contributed by atoms with Crippen LogP contribution in [-0.4, -0.2) is 9.78 Å². The van der Waals surface area contributed by atoms with Gasteiger partial charge in [0.2, 0.25) is 0 Å². The molecule has 0 saturated carbocycles. The molecule has 0 amide bonds. The number of aromatic nitrogens is 2. The van der Waals surface area contributed by atoms with Gasteiger partial charge in [-0.05, 0) is 19.4 Å². The summed E-state index contributed by atoms with van der Waals surface area (Å²) >= 11 is 0. The van der Waals surface area contributed by atoms with Gasteiger partial charge in [-0.15, -0.1) is 6.58 Å². The quantitative estimate of drug-likeness (QED) is 0.686. The van der Waals surface area contributed by atoms with Crippen LogP contribution in [0.2, 0.25) is 0 Å². The van der Waals surface area contributed by atoms with Crippen LogP contribution in [0, 0.1) is 6.92 Å². The first-order chi connectivity index (χ1) is 5.65. The Morgan fingerprint density at radius 3 is 2.92 bits per heavy atom. The van der Waals surface area contributed by atoms with Crippen molar-refractivity contribution >= 4 is 0 Å². The highest BCUT2D eigenvalue weighted by atomic mass is 15.3. The van der Waals surface area contributed by atoms with E-state index in [9.17, 15) is 0 Å². The molecule has 66 valence electrons. The van der Waals surface area contributed by atoms with E-state index in [1.54, 1.807) is 0 Å². The van der Waals surface area contributed by atoms with Crippen molar-refractivity contribution in [2.45, 2.75) is 19.4 Å². The molecule has 1 atom stereocenters. The van der Waals surface area contributed by atoms with E-state index in [4.69, 9.17) is 5.73 Å². The van der Waals surface area contributed by atoms with Gasteiger partial charge < -0.3 is 5.73 Å². The number of hydrogen-bond acceptors (Lipinski definition) is 2. The third-order valence-electron chi connectivity index (χ3n) is 1.84. The number of hydrogen-bond donors (Lipinski definition) is 1. The van der Waals surface area contributed by atoms with Gasteiger partial charge in [-0.3, -0.25) is 4.68 Å². The molecule has 3 heteroatoms. The van der Waals surface area contributed by atoms with Crippen LogP contribution in [0.4, 0.5) is 0 Å². The maximum Gasteiger partial charge on any atom is 0.0597 e. The molecule has 0 saturated heterocycles. The number of nitrogens with two attached hydrogens (primary N) is 1. The van der Waals surface area contributed by atoms with Crippen LogP contribution in [0.5, 0.6) is 0 Å². The third kappa shape index (κ3) is 1.74. The fraction of sp³-hybridized carbons (Fsp3) is 0.444. The van der Waals surface area contributed by atoms with Crippen LogP contribution >= 0.6 is 0 Å².